The van der Waals surface area contributed by atoms with Crippen LogP contribution in [0.15, 0.2) is 227 Å². The largest absolute Gasteiger partial charge is 0.455 e. The number of aryl methyl sites for hydroxylation is 4. The first-order valence-corrected chi connectivity index (χ1v) is 23.3. The number of benzene rings is 10. The molecule has 0 aliphatic heterocycles. The first kappa shape index (κ1) is 40.9. The molecule has 0 spiro atoms. The van der Waals surface area contributed by atoms with Crippen LogP contribution in [0.25, 0.3) is 77.3 Å². The first-order valence-electron chi connectivity index (χ1n) is 23.3. The van der Waals surface area contributed by atoms with Crippen molar-refractivity contribution in [2.24, 2.45) is 0 Å². The highest BCUT2D eigenvalue weighted by molar-refractivity contribution is 6.10. The van der Waals surface area contributed by atoms with Crippen molar-refractivity contribution in [2.45, 2.75) is 27.7 Å². The van der Waals surface area contributed by atoms with Crippen molar-refractivity contribution in [1.82, 2.24) is 0 Å². The summed E-state index contributed by atoms with van der Waals surface area (Å²) >= 11 is 0. The maximum absolute atomic E-state index is 6.42. The fourth-order valence-electron chi connectivity index (χ4n) is 10.1. The number of para-hydroxylation sites is 6. The number of hydrogen-bond donors (Lipinski definition) is 0. The van der Waals surface area contributed by atoms with E-state index in [0.29, 0.717) is 0 Å². The Labute approximate surface area is 396 Å². The van der Waals surface area contributed by atoms with Crippen LogP contribution in [-0.4, -0.2) is 0 Å². The van der Waals surface area contributed by atoms with E-state index >= 15 is 0 Å². The van der Waals surface area contributed by atoms with Crippen molar-refractivity contribution in [3.63, 3.8) is 0 Å². The smallest absolute Gasteiger partial charge is 0.143 e. The topological polar surface area (TPSA) is 32.8 Å². The van der Waals surface area contributed by atoms with Gasteiger partial charge in [-0.15, -0.1) is 0 Å². The van der Waals surface area contributed by atoms with Crippen LogP contribution >= 0.6 is 0 Å². The van der Waals surface area contributed by atoms with Gasteiger partial charge in [0, 0.05) is 66.8 Å². The van der Waals surface area contributed by atoms with Gasteiger partial charge in [0.25, 0.3) is 0 Å². The summed E-state index contributed by atoms with van der Waals surface area (Å²) in [6, 6.07) is 78.1. The lowest BCUT2D eigenvalue weighted by molar-refractivity contribution is 0.669. The molecular formula is C64H48N2O2. The molecule has 4 heteroatoms. The maximum atomic E-state index is 6.42. The molecule has 68 heavy (non-hydrogen) atoms. The van der Waals surface area contributed by atoms with E-state index in [4.69, 9.17) is 8.83 Å². The monoisotopic (exact) mass is 876 g/mol. The van der Waals surface area contributed by atoms with Crippen LogP contribution in [0.2, 0.25) is 0 Å². The van der Waals surface area contributed by atoms with E-state index in [1.165, 1.54) is 33.4 Å². The minimum atomic E-state index is 0.905. The second-order valence-corrected chi connectivity index (χ2v) is 17.9. The predicted molar refractivity (Wildman–Crippen MR) is 286 cm³/mol. The van der Waals surface area contributed by atoms with Crippen LogP contribution in [-0.2, 0) is 0 Å². The molecule has 326 valence electrons. The third-order valence-corrected chi connectivity index (χ3v) is 13.6. The minimum Gasteiger partial charge on any atom is -0.455 e. The SMILES string of the molecule is Cc1ccccc1N(c1ccc(-c2cccc3c2oc2ccccc23)cc1)c1ccc(-c2ccc(N(c3ccc(-c4cccc5c4oc4ccccc45)cc3)c3ccccc3C)c(C)c2)cc1C. The first-order chi connectivity index (χ1) is 33.4. The molecule has 0 N–H and O–H groups in total. The average Bonchev–Trinajstić information content (AvgIpc) is 3.96. The van der Waals surface area contributed by atoms with Crippen molar-refractivity contribution in [3.05, 3.63) is 241 Å². The van der Waals surface area contributed by atoms with Gasteiger partial charge in [-0.3, -0.25) is 0 Å². The molecule has 4 nitrogen and oxygen atoms in total. The lowest BCUT2D eigenvalue weighted by Crippen LogP contribution is -2.13. The maximum Gasteiger partial charge on any atom is 0.143 e. The summed E-state index contributed by atoms with van der Waals surface area (Å²) in [5, 5.41) is 4.54. The van der Waals surface area contributed by atoms with Gasteiger partial charge in [0.15, 0.2) is 0 Å². The molecule has 0 unspecified atom stereocenters. The van der Waals surface area contributed by atoms with Crippen molar-refractivity contribution >= 4 is 78.0 Å². The van der Waals surface area contributed by atoms with Crippen LogP contribution in [0.3, 0.4) is 0 Å². The van der Waals surface area contributed by atoms with Crippen LogP contribution in [0, 0.1) is 27.7 Å². The van der Waals surface area contributed by atoms with Crippen molar-refractivity contribution < 1.29 is 8.83 Å². The van der Waals surface area contributed by atoms with Gasteiger partial charge in [-0.25, -0.2) is 0 Å². The Morgan fingerprint density at radius 1 is 0.279 bits per heavy atom. The summed E-state index contributed by atoms with van der Waals surface area (Å²) in [5.41, 5.74) is 21.9. The molecular weight excluding hydrogens is 829 g/mol. The van der Waals surface area contributed by atoms with Crippen LogP contribution < -0.4 is 9.80 Å². The van der Waals surface area contributed by atoms with Crippen molar-refractivity contribution in [2.75, 3.05) is 9.80 Å². The van der Waals surface area contributed by atoms with Crippen LogP contribution in [0.4, 0.5) is 34.1 Å². The fourth-order valence-corrected chi connectivity index (χ4v) is 10.1. The number of furan rings is 2. The molecule has 0 radical (unpaired) electrons. The molecule has 0 aliphatic carbocycles. The Morgan fingerprint density at radius 3 is 1.04 bits per heavy atom. The molecule has 0 amide bonds. The van der Waals surface area contributed by atoms with Gasteiger partial charge in [-0.05, 0) is 145 Å². The normalized spacial score (nSPS) is 11.5. The van der Waals surface area contributed by atoms with Crippen LogP contribution in [0.1, 0.15) is 22.3 Å². The Hall–Kier alpha value is -8.60. The summed E-state index contributed by atoms with van der Waals surface area (Å²) < 4.78 is 12.8. The van der Waals surface area contributed by atoms with E-state index in [9.17, 15) is 0 Å². The number of hydrogen-bond acceptors (Lipinski definition) is 4. The third kappa shape index (κ3) is 7.01. The predicted octanol–water partition coefficient (Wildman–Crippen LogP) is 18.7. The Bertz CT molecular complexity index is 3600. The standard InChI is InChI=1S/C64H48N2O2/c1-41-15-5-9-23-57(41)65(49-33-27-45(28-34-49)51-19-13-21-55-53-17-7-11-25-61(53)67-63(51)55)59-37-31-47(39-43(59)3)48-32-38-60(44(4)40-48)66(58-24-10-6-16-42(58)2)50-35-29-46(30-36-50)52-20-14-22-56-54-18-8-12-26-62(54)68-64(52)56/h5-40H,1-4H3. The molecule has 0 fully saturated rings. The lowest BCUT2D eigenvalue weighted by Gasteiger charge is -2.29. The summed E-state index contributed by atoms with van der Waals surface area (Å²) in [6.07, 6.45) is 0. The molecule has 12 aromatic rings. The second-order valence-electron chi connectivity index (χ2n) is 17.9. The molecule has 0 saturated carbocycles. The van der Waals surface area contributed by atoms with Gasteiger partial charge in [0.05, 0.1) is 0 Å². The van der Waals surface area contributed by atoms with Gasteiger partial charge in [-0.2, -0.15) is 0 Å². The number of nitrogens with zero attached hydrogens (tertiary/aromatic N) is 2. The summed E-state index contributed by atoms with van der Waals surface area (Å²) in [4.78, 5) is 4.77. The molecule has 0 aliphatic rings. The van der Waals surface area contributed by atoms with E-state index in [0.717, 1.165) is 100 Å². The zero-order chi connectivity index (χ0) is 45.9. The van der Waals surface area contributed by atoms with Crippen molar-refractivity contribution in [1.29, 1.82) is 0 Å². The van der Waals surface area contributed by atoms with E-state index in [1.54, 1.807) is 0 Å². The summed E-state index contributed by atoms with van der Waals surface area (Å²) in [7, 11) is 0. The number of rotatable bonds is 9. The summed E-state index contributed by atoms with van der Waals surface area (Å²) in [6.45, 7) is 8.81. The quantitative estimate of drug-likeness (QED) is 0.145. The van der Waals surface area contributed by atoms with E-state index in [1.807, 2.05) is 24.3 Å². The minimum absolute atomic E-state index is 0.905. The van der Waals surface area contributed by atoms with E-state index < -0.39 is 0 Å². The number of anilines is 6. The molecule has 2 heterocycles. The molecule has 12 rings (SSSR count). The van der Waals surface area contributed by atoms with Gasteiger partial charge in [-0.1, -0.05) is 146 Å². The lowest BCUT2D eigenvalue weighted by atomic mass is 9.97. The highest BCUT2D eigenvalue weighted by Gasteiger charge is 2.21. The third-order valence-electron chi connectivity index (χ3n) is 13.6. The van der Waals surface area contributed by atoms with Gasteiger partial charge in [0.2, 0.25) is 0 Å². The van der Waals surface area contributed by atoms with E-state index in [2.05, 4.69) is 232 Å². The summed E-state index contributed by atoms with van der Waals surface area (Å²) in [5.74, 6) is 0. The van der Waals surface area contributed by atoms with Gasteiger partial charge >= 0.3 is 0 Å². The molecule has 0 bridgehead atoms. The Balaban J connectivity index is 0.879. The van der Waals surface area contributed by atoms with Crippen molar-refractivity contribution in [3.8, 4) is 33.4 Å². The fraction of sp³-hybridized carbons (Fsp3) is 0.0625. The molecule has 0 saturated heterocycles. The Morgan fingerprint density at radius 2 is 0.632 bits per heavy atom. The second kappa shape index (κ2) is 16.7. The number of fused-ring (bicyclic) bond motifs is 6. The van der Waals surface area contributed by atoms with Gasteiger partial charge < -0.3 is 18.6 Å². The molecule has 0 atom stereocenters. The molecule has 2 aromatic heterocycles. The van der Waals surface area contributed by atoms with Crippen LogP contribution in [0.5, 0.6) is 0 Å². The Kier molecular flexibility index (Phi) is 10.0. The average molecular weight is 877 g/mol. The zero-order valence-electron chi connectivity index (χ0n) is 38.5. The highest BCUT2D eigenvalue weighted by Crippen LogP contribution is 2.44. The zero-order valence-corrected chi connectivity index (χ0v) is 38.5. The van der Waals surface area contributed by atoms with Gasteiger partial charge in [0.1, 0.15) is 22.3 Å². The van der Waals surface area contributed by atoms with E-state index in [-0.39, 0.29) is 0 Å². The highest BCUT2D eigenvalue weighted by atomic mass is 16.3. The molecule has 10 aromatic carbocycles.